The van der Waals surface area contributed by atoms with Gasteiger partial charge in [0.15, 0.2) is 0 Å². The summed E-state index contributed by atoms with van der Waals surface area (Å²) >= 11 is 0. The van der Waals surface area contributed by atoms with Crippen molar-refractivity contribution < 1.29 is 13.2 Å². The van der Waals surface area contributed by atoms with E-state index in [1.807, 2.05) is 0 Å². The molecule has 1 aromatic rings. The molecule has 6 nitrogen and oxygen atoms in total. The first-order valence-corrected chi connectivity index (χ1v) is 11.6. The van der Waals surface area contributed by atoms with Crippen molar-refractivity contribution in [1.29, 1.82) is 0 Å². The van der Waals surface area contributed by atoms with Crippen LogP contribution in [0.15, 0.2) is 35.2 Å². The molecule has 28 heavy (non-hydrogen) atoms. The Labute approximate surface area is 174 Å². The minimum absolute atomic E-state index is 0. The van der Waals surface area contributed by atoms with Crippen molar-refractivity contribution >= 4 is 28.3 Å². The summed E-state index contributed by atoms with van der Waals surface area (Å²) in [4.78, 5) is 13.3. The number of benzene rings is 1. The molecule has 3 rings (SSSR count). The highest BCUT2D eigenvalue weighted by atomic mass is 35.5. The lowest BCUT2D eigenvalue weighted by Crippen LogP contribution is -2.56. The van der Waals surface area contributed by atoms with Crippen molar-refractivity contribution in [2.24, 2.45) is 11.7 Å². The lowest BCUT2D eigenvalue weighted by Gasteiger charge is -2.36. The summed E-state index contributed by atoms with van der Waals surface area (Å²) < 4.78 is 27.5. The Kier molecular flexibility index (Phi) is 8.74. The van der Waals surface area contributed by atoms with Crippen LogP contribution in [-0.2, 0) is 14.8 Å². The summed E-state index contributed by atoms with van der Waals surface area (Å²) in [6.45, 7) is 0.778. The molecule has 0 aromatic heterocycles. The highest BCUT2D eigenvalue weighted by Gasteiger charge is 2.38. The topological polar surface area (TPSA) is 92.5 Å². The van der Waals surface area contributed by atoms with Crippen LogP contribution < -0.4 is 11.1 Å². The molecular weight excluding hydrogens is 398 g/mol. The van der Waals surface area contributed by atoms with Gasteiger partial charge >= 0.3 is 0 Å². The predicted octanol–water partition coefficient (Wildman–Crippen LogP) is 2.68. The third kappa shape index (κ3) is 5.26. The number of carbonyl (C=O) groups excluding carboxylic acids is 1. The Balaban J connectivity index is 0.00000280. The maximum Gasteiger partial charge on any atom is 0.243 e. The molecule has 2 atom stereocenters. The van der Waals surface area contributed by atoms with Crippen molar-refractivity contribution in [2.45, 2.75) is 68.3 Å². The first kappa shape index (κ1) is 23.1. The monoisotopic (exact) mass is 429 g/mol. The molecule has 0 spiro atoms. The number of nitrogens with two attached hydrogens (primary N) is 1. The van der Waals surface area contributed by atoms with Crippen LogP contribution in [0.1, 0.15) is 51.4 Å². The van der Waals surface area contributed by atoms with E-state index in [4.69, 9.17) is 5.73 Å². The Morgan fingerprint density at radius 1 is 1.07 bits per heavy atom. The van der Waals surface area contributed by atoms with Crippen LogP contribution in [-0.4, -0.2) is 43.8 Å². The number of halogens is 1. The average molecular weight is 430 g/mol. The fourth-order valence-corrected chi connectivity index (χ4v) is 6.04. The molecule has 8 heteroatoms. The number of carbonyl (C=O) groups is 1. The van der Waals surface area contributed by atoms with Gasteiger partial charge in [0.25, 0.3) is 0 Å². The number of nitrogens with zero attached hydrogens (tertiary/aromatic N) is 1. The van der Waals surface area contributed by atoms with Gasteiger partial charge in [-0.15, -0.1) is 12.4 Å². The van der Waals surface area contributed by atoms with Crippen LogP contribution in [0.25, 0.3) is 0 Å². The molecule has 1 saturated carbocycles. The SMILES string of the molecule is Cl.NCC(NC(=O)C1CCCCN1S(=O)(=O)c1ccccc1)C1CCCCC1. The normalized spacial score (nSPS) is 22.8. The summed E-state index contributed by atoms with van der Waals surface area (Å²) in [6, 6.07) is 7.66. The Morgan fingerprint density at radius 3 is 2.36 bits per heavy atom. The van der Waals surface area contributed by atoms with E-state index in [1.54, 1.807) is 30.3 Å². The van der Waals surface area contributed by atoms with E-state index in [-0.39, 0.29) is 29.3 Å². The summed E-state index contributed by atoms with van der Waals surface area (Å²) in [5.74, 6) is 0.200. The van der Waals surface area contributed by atoms with Crippen LogP contribution in [0.3, 0.4) is 0 Å². The summed E-state index contributed by atoms with van der Waals surface area (Å²) in [7, 11) is -3.68. The Morgan fingerprint density at radius 2 is 1.71 bits per heavy atom. The quantitative estimate of drug-likeness (QED) is 0.727. The highest BCUT2D eigenvalue weighted by molar-refractivity contribution is 7.89. The van der Waals surface area contributed by atoms with Crippen LogP contribution in [0.2, 0.25) is 0 Å². The smallest absolute Gasteiger partial charge is 0.243 e. The molecule has 1 aliphatic heterocycles. The van der Waals surface area contributed by atoms with Gasteiger partial charge in [-0.1, -0.05) is 43.9 Å². The lowest BCUT2D eigenvalue weighted by atomic mass is 9.83. The van der Waals surface area contributed by atoms with Gasteiger partial charge in [0.05, 0.1) is 4.90 Å². The van der Waals surface area contributed by atoms with Gasteiger partial charge in [-0.2, -0.15) is 4.31 Å². The number of hydrogen-bond donors (Lipinski definition) is 2. The van der Waals surface area contributed by atoms with Crippen LogP contribution in [0.5, 0.6) is 0 Å². The van der Waals surface area contributed by atoms with Gasteiger partial charge < -0.3 is 11.1 Å². The Hall–Kier alpha value is -1.15. The zero-order valence-electron chi connectivity index (χ0n) is 16.3. The van der Waals surface area contributed by atoms with E-state index in [1.165, 1.54) is 23.6 Å². The summed E-state index contributed by atoms with van der Waals surface area (Å²) in [6.07, 6.45) is 7.95. The van der Waals surface area contributed by atoms with Gasteiger partial charge in [0.2, 0.25) is 15.9 Å². The predicted molar refractivity (Wildman–Crippen MR) is 113 cm³/mol. The molecule has 1 aliphatic carbocycles. The fraction of sp³-hybridized carbons (Fsp3) is 0.650. The van der Waals surface area contributed by atoms with Crippen molar-refractivity contribution in [3.63, 3.8) is 0 Å². The molecule has 2 aliphatic rings. The molecule has 0 bridgehead atoms. The van der Waals surface area contributed by atoms with Gasteiger partial charge in [-0.25, -0.2) is 8.42 Å². The molecule has 1 heterocycles. The fourth-order valence-electron chi connectivity index (χ4n) is 4.37. The number of hydrogen-bond acceptors (Lipinski definition) is 4. The van der Waals surface area contributed by atoms with Crippen molar-refractivity contribution in [2.75, 3.05) is 13.1 Å². The molecule has 2 fully saturated rings. The van der Waals surface area contributed by atoms with E-state index < -0.39 is 16.1 Å². The van der Waals surface area contributed by atoms with Crippen molar-refractivity contribution in [3.05, 3.63) is 30.3 Å². The van der Waals surface area contributed by atoms with E-state index in [2.05, 4.69) is 5.32 Å². The average Bonchev–Trinajstić information content (AvgIpc) is 2.73. The van der Waals surface area contributed by atoms with Crippen molar-refractivity contribution in [3.8, 4) is 0 Å². The van der Waals surface area contributed by atoms with E-state index in [0.717, 1.165) is 25.7 Å². The van der Waals surface area contributed by atoms with Gasteiger partial charge in [-0.05, 0) is 43.7 Å². The molecule has 2 unspecified atom stereocenters. The van der Waals surface area contributed by atoms with Gasteiger partial charge in [0, 0.05) is 19.1 Å². The Bertz CT molecular complexity index is 723. The minimum atomic E-state index is -3.68. The summed E-state index contributed by atoms with van der Waals surface area (Å²) in [5, 5.41) is 3.09. The molecule has 0 radical (unpaired) electrons. The zero-order valence-corrected chi connectivity index (χ0v) is 17.9. The summed E-state index contributed by atoms with van der Waals surface area (Å²) in [5.41, 5.74) is 5.95. The maximum absolute atomic E-state index is 13.1. The molecule has 1 aromatic carbocycles. The number of piperidine rings is 1. The van der Waals surface area contributed by atoms with E-state index in [9.17, 15) is 13.2 Å². The standard InChI is InChI=1S/C20H31N3O3S.ClH/c21-15-18(16-9-3-1-4-10-16)22-20(24)19-13-7-8-14-23(19)27(25,26)17-11-5-2-6-12-17;/h2,5-6,11-12,16,18-19H,1,3-4,7-10,13-15,21H2,(H,22,24);1H. The first-order chi connectivity index (χ1) is 13.0. The molecule has 3 N–H and O–H groups in total. The third-order valence-electron chi connectivity index (χ3n) is 5.91. The van der Waals surface area contributed by atoms with Crippen LogP contribution >= 0.6 is 12.4 Å². The largest absolute Gasteiger partial charge is 0.350 e. The van der Waals surface area contributed by atoms with Crippen molar-refractivity contribution in [1.82, 2.24) is 9.62 Å². The molecule has 1 saturated heterocycles. The zero-order chi connectivity index (χ0) is 19.3. The number of rotatable bonds is 6. The van der Waals surface area contributed by atoms with Crippen LogP contribution in [0.4, 0.5) is 0 Å². The number of amides is 1. The molecule has 158 valence electrons. The number of nitrogens with one attached hydrogen (secondary N) is 1. The second-order valence-electron chi connectivity index (χ2n) is 7.69. The van der Waals surface area contributed by atoms with Gasteiger partial charge in [0.1, 0.15) is 6.04 Å². The minimum Gasteiger partial charge on any atom is -0.350 e. The van der Waals surface area contributed by atoms with Gasteiger partial charge in [-0.3, -0.25) is 4.79 Å². The number of sulfonamides is 1. The lowest BCUT2D eigenvalue weighted by molar-refractivity contribution is -0.126. The highest BCUT2D eigenvalue weighted by Crippen LogP contribution is 2.28. The molecular formula is C20H32ClN3O3S. The first-order valence-electron chi connectivity index (χ1n) is 10.1. The maximum atomic E-state index is 13.1. The van der Waals surface area contributed by atoms with E-state index >= 15 is 0 Å². The molecule has 1 amide bonds. The third-order valence-corrected chi connectivity index (χ3v) is 7.83. The second kappa shape index (κ2) is 10.6. The second-order valence-corrected chi connectivity index (χ2v) is 9.58. The van der Waals surface area contributed by atoms with E-state index in [0.29, 0.717) is 25.4 Å². The van der Waals surface area contributed by atoms with Crippen LogP contribution in [0, 0.1) is 5.92 Å².